The van der Waals surface area contributed by atoms with Crippen molar-refractivity contribution in [1.82, 2.24) is 4.31 Å². The molecule has 0 fully saturated rings. The van der Waals surface area contributed by atoms with Crippen molar-refractivity contribution in [2.45, 2.75) is 25.2 Å². The van der Waals surface area contributed by atoms with Crippen LogP contribution in [0.4, 0.5) is 5.69 Å². The van der Waals surface area contributed by atoms with Crippen LogP contribution in [-0.2, 0) is 16.4 Å². The zero-order valence-electron chi connectivity index (χ0n) is 10.8. The molecule has 0 aliphatic rings. The number of nitrogens with two attached hydrogens (primary N) is 1. The summed E-state index contributed by atoms with van der Waals surface area (Å²) in [7, 11) is -3.59. The fraction of sp³-hybridized carbons (Fsp3) is 0.500. The smallest absolute Gasteiger partial charge is 0.243 e. The van der Waals surface area contributed by atoms with Crippen molar-refractivity contribution in [1.29, 1.82) is 0 Å². The third-order valence-electron chi connectivity index (χ3n) is 2.79. The average molecular weight is 272 g/mol. The third-order valence-corrected chi connectivity index (χ3v) is 4.85. The molecule has 0 heterocycles. The van der Waals surface area contributed by atoms with Crippen molar-refractivity contribution in [2.75, 3.05) is 25.4 Å². The molecule has 0 bridgehead atoms. The van der Waals surface area contributed by atoms with Crippen LogP contribution in [-0.4, -0.2) is 37.5 Å². The fourth-order valence-electron chi connectivity index (χ4n) is 1.80. The first-order chi connectivity index (χ1) is 8.47. The molecule has 0 atom stereocenters. The molecule has 0 radical (unpaired) electrons. The highest BCUT2D eigenvalue weighted by atomic mass is 32.2. The SMILES string of the molecule is CCc1ccc(N)cc1S(=O)(=O)N(CC)CCO. The zero-order chi connectivity index (χ0) is 13.8. The summed E-state index contributed by atoms with van der Waals surface area (Å²) >= 11 is 0. The van der Waals surface area contributed by atoms with Crippen molar-refractivity contribution in [2.24, 2.45) is 0 Å². The first-order valence-electron chi connectivity index (χ1n) is 5.96. The Morgan fingerprint density at radius 3 is 2.50 bits per heavy atom. The van der Waals surface area contributed by atoms with Crippen LogP contribution in [0.15, 0.2) is 23.1 Å². The minimum atomic E-state index is -3.59. The van der Waals surface area contributed by atoms with Crippen LogP contribution in [0.1, 0.15) is 19.4 Å². The fourth-order valence-corrected chi connectivity index (χ4v) is 3.57. The highest BCUT2D eigenvalue weighted by Crippen LogP contribution is 2.23. The van der Waals surface area contributed by atoms with Gasteiger partial charge in [-0.05, 0) is 24.1 Å². The van der Waals surface area contributed by atoms with Crippen molar-refractivity contribution < 1.29 is 13.5 Å². The van der Waals surface area contributed by atoms with Gasteiger partial charge in [-0.1, -0.05) is 19.9 Å². The zero-order valence-corrected chi connectivity index (χ0v) is 11.6. The Labute approximate surface area is 108 Å². The van der Waals surface area contributed by atoms with Gasteiger partial charge in [0.1, 0.15) is 0 Å². The Balaban J connectivity index is 3.30. The molecule has 0 saturated carbocycles. The van der Waals surface area contributed by atoms with Gasteiger partial charge in [-0.15, -0.1) is 0 Å². The first kappa shape index (κ1) is 14.9. The lowest BCUT2D eigenvalue weighted by molar-refractivity contribution is 0.257. The molecule has 1 rings (SSSR count). The third kappa shape index (κ3) is 3.01. The first-order valence-corrected chi connectivity index (χ1v) is 7.40. The predicted octanol–water partition coefficient (Wildman–Crippen LogP) is 0.834. The molecule has 0 saturated heterocycles. The van der Waals surface area contributed by atoms with E-state index >= 15 is 0 Å². The number of likely N-dealkylation sites (N-methyl/N-ethyl adjacent to an activating group) is 1. The van der Waals surface area contributed by atoms with Gasteiger partial charge in [0.25, 0.3) is 0 Å². The van der Waals surface area contributed by atoms with Crippen LogP contribution < -0.4 is 5.73 Å². The molecule has 3 N–H and O–H groups in total. The van der Waals surface area contributed by atoms with Crippen LogP contribution in [0, 0.1) is 0 Å². The van der Waals surface area contributed by atoms with E-state index in [0.717, 1.165) is 5.56 Å². The molecular formula is C12H20N2O3S. The summed E-state index contributed by atoms with van der Waals surface area (Å²) in [6, 6.07) is 4.91. The van der Waals surface area contributed by atoms with Crippen molar-refractivity contribution in [3.63, 3.8) is 0 Å². The number of hydrogen-bond acceptors (Lipinski definition) is 4. The molecular weight excluding hydrogens is 252 g/mol. The Kier molecular flexibility index (Phi) is 5.13. The van der Waals surface area contributed by atoms with E-state index < -0.39 is 10.0 Å². The molecule has 6 heteroatoms. The van der Waals surface area contributed by atoms with Crippen LogP contribution in [0.3, 0.4) is 0 Å². The molecule has 1 aromatic carbocycles. The van der Waals surface area contributed by atoms with E-state index in [1.54, 1.807) is 19.1 Å². The molecule has 5 nitrogen and oxygen atoms in total. The number of sulfonamides is 1. The number of nitrogen functional groups attached to an aromatic ring is 1. The van der Waals surface area contributed by atoms with Gasteiger partial charge in [0.15, 0.2) is 0 Å². The molecule has 0 amide bonds. The lowest BCUT2D eigenvalue weighted by atomic mass is 10.1. The van der Waals surface area contributed by atoms with Crippen LogP contribution in [0.25, 0.3) is 0 Å². The molecule has 0 aliphatic heterocycles. The van der Waals surface area contributed by atoms with Gasteiger partial charge in [0.2, 0.25) is 10.0 Å². The highest BCUT2D eigenvalue weighted by molar-refractivity contribution is 7.89. The normalized spacial score (nSPS) is 12.0. The molecule has 1 aromatic rings. The number of nitrogens with zero attached hydrogens (tertiary/aromatic N) is 1. The van der Waals surface area contributed by atoms with Crippen LogP contribution >= 0.6 is 0 Å². The largest absolute Gasteiger partial charge is 0.399 e. The number of rotatable bonds is 6. The van der Waals surface area contributed by atoms with E-state index in [2.05, 4.69) is 0 Å². The Morgan fingerprint density at radius 2 is 2.00 bits per heavy atom. The quantitative estimate of drug-likeness (QED) is 0.751. The van der Waals surface area contributed by atoms with E-state index in [9.17, 15) is 8.42 Å². The highest BCUT2D eigenvalue weighted by Gasteiger charge is 2.25. The van der Waals surface area contributed by atoms with E-state index in [-0.39, 0.29) is 18.0 Å². The Bertz CT molecular complexity index is 500. The predicted molar refractivity (Wildman–Crippen MR) is 71.8 cm³/mol. The summed E-state index contributed by atoms with van der Waals surface area (Å²) < 4.78 is 26.1. The second-order valence-electron chi connectivity index (χ2n) is 3.94. The average Bonchev–Trinajstić information content (AvgIpc) is 2.35. The number of anilines is 1. The van der Waals surface area contributed by atoms with Crippen molar-refractivity contribution >= 4 is 15.7 Å². The standard InChI is InChI=1S/C12H20N2O3S/c1-3-10-5-6-11(13)9-12(10)18(16,17)14(4-2)7-8-15/h5-6,9,15H,3-4,7-8,13H2,1-2H3. The summed E-state index contributed by atoms with van der Waals surface area (Å²) in [6.45, 7) is 3.85. The lowest BCUT2D eigenvalue weighted by Gasteiger charge is -2.21. The van der Waals surface area contributed by atoms with Gasteiger partial charge in [-0.3, -0.25) is 0 Å². The van der Waals surface area contributed by atoms with Gasteiger partial charge in [0.05, 0.1) is 11.5 Å². The topological polar surface area (TPSA) is 83.6 Å². The van der Waals surface area contributed by atoms with E-state index in [1.165, 1.54) is 10.4 Å². The maximum Gasteiger partial charge on any atom is 0.243 e. The maximum absolute atomic E-state index is 12.4. The summed E-state index contributed by atoms with van der Waals surface area (Å²) in [5.41, 5.74) is 6.82. The summed E-state index contributed by atoms with van der Waals surface area (Å²) in [5.74, 6) is 0. The van der Waals surface area contributed by atoms with Crippen LogP contribution in [0.5, 0.6) is 0 Å². The minimum Gasteiger partial charge on any atom is -0.399 e. The van der Waals surface area contributed by atoms with Gasteiger partial charge in [-0.2, -0.15) is 4.31 Å². The van der Waals surface area contributed by atoms with E-state index in [4.69, 9.17) is 10.8 Å². The summed E-state index contributed by atoms with van der Waals surface area (Å²) in [6.07, 6.45) is 0.617. The molecule has 0 spiro atoms. The Hall–Kier alpha value is -1.11. The van der Waals surface area contributed by atoms with E-state index in [0.29, 0.717) is 18.7 Å². The second kappa shape index (κ2) is 6.17. The van der Waals surface area contributed by atoms with Crippen LogP contribution in [0.2, 0.25) is 0 Å². The molecule has 0 aromatic heterocycles. The summed E-state index contributed by atoms with van der Waals surface area (Å²) in [5, 5.41) is 8.93. The monoisotopic (exact) mass is 272 g/mol. The Morgan fingerprint density at radius 1 is 1.33 bits per heavy atom. The lowest BCUT2D eigenvalue weighted by Crippen LogP contribution is -2.34. The number of aliphatic hydroxyl groups excluding tert-OH is 1. The van der Waals surface area contributed by atoms with Crippen molar-refractivity contribution in [3.05, 3.63) is 23.8 Å². The number of hydrogen-bond donors (Lipinski definition) is 2. The minimum absolute atomic E-state index is 0.0940. The maximum atomic E-state index is 12.4. The molecule has 0 aliphatic carbocycles. The van der Waals surface area contributed by atoms with Gasteiger partial charge in [-0.25, -0.2) is 8.42 Å². The van der Waals surface area contributed by atoms with Gasteiger partial charge >= 0.3 is 0 Å². The van der Waals surface area contributed by atoms with E-state index in [1.807, 2.05) is 6.92 Å². The van der Waals surface area contributed by atoms with Gasteiger partial charge in [0, 0.05) is 18.8 Å². The number of aryl methyl sites for hydroxylation is 1. The summed E-state index contributed by atoms with van der Waals surface area (Å²) in [4.78, 5) is 0.236. The van der Waals surface area contributed by atoms with Crippen molar-refractivity contribution in [3.8, 4) is 0 Å². The van der Waals surface area contributed by atoms with Gasteiger partial charge < -0.3 is 10.8 Å². The number of benzene rings is 1. The molecule has 18 heavy (non-hydrogen) atoms. The number of aliphatic hydroxyl groups is 1. The molecule has 0 unspecified atom stereocenters. The second-order valence-corrected chi connectivity index (χ2v) is 5.85. The molecule has 102 valence electrons.